The fourth-order valence-electron chi connectivity index (χ4n) is 3.50. The average molecular weight is 381 g/mol. The van der Waals surface area contributed by atoms with E-state index in [0.29, 0.717) is 37.9 Å². The Bertz CT molecular complexity index is 521. The van der Waals surface area contributed by atoms with Crippen molar-refractivity contribution >= 4 is 11.8 Å². The number of Topliss-reactive ketones (excluding diaryl/α,β-unsaturated/α-hetero) is 1. The Morgan fingerprint density at radius 2 is 2.11 bits per heavy atom. The van der Waals surface area contributed by atoms with Gasteiger partial charge in [-0.3, -0.25) is 4.79 Å². The van der Waals surface area contributed by atoms with E-state index in [1.807, 2.05) is 25.2 Å². The van der Waals surface area contributed by atoms with Gasteiger partial charge in [-0.25, -0.2) is 4.79 Å². The Labute approximate surface area is 163 Å². The fraction of sp³-hybridized carbons (Fsp3) is 0.727. The topological polar surface area (TPSA) is 83.8 Å². The molecule has 0 amide bonds. The van der Waals surface area contributed by atoms with Crippen LogP contribution in [0.4, 0.5) is 0 Å². The summed E-state index contributed by atoms with van der Waals surface area (Å²) in [4.78, 5) is 23.3. The number of carbonyl (C=O) groups excluding carboxylic acids is 2. The zero-order valence-corrected chi connectivity index (χ0v) is 17.0. The van der Waals surface area contributed by atoms with Crippen LogP contribution in [0.1, 0.15) is 71.6 Å². The second kappa shape index (κ2) is 12.1. The van der Waals surface area contributed by atoms with Gasteiger partial charge in [0.15, 0.2) is 6.10 Å². The molecule has 1 aliphatic rings. The van der Waals surface area contributed by atoms with Crippen LogP contribution in [0.3, 0.4) is 0 Å². The molecular weight excluding hydrogens is 344 g/mol. The van der Waals surface area contributed by atoms with Gasteiger partial charge in [-0.1, -0.05) is 44.1 Å². The molecule has 0 aromatic heterocycles. The third-order valence-corrected chi connectivity index (χ3v) is 5.30. The summed E-state index contributed by atoms with van der Waals surface area (Å²) in [5.41, 5.74) is -0.676. The van der Waals surface area contributed by atoms with Gasteiger partial charge in [-0.15, -0.1) is 0 Å². The first-order valence-corrected chi connectivity index (χ1v) is 10.1. The van der Waals surface area contributed by atoms with E-state index >= 15 is 0 Å². The molecule has 0 radical (unpaired) electrons. The van der Waals surface area contributed by atoms with Gasteiger partial charge in [0.05, 0.1) is 12.7 Å². The Morgan fingerprint density at radius 3 is 2.78 bits per heavy atom. The predicted octanol–water partition coefficient (Wildman–Crippen LogP) is 3.73. The van der Waals surface area contributed by atoms with Crippen molar-refractivity contribution in [1.82, 2.24) is 0 Å². The zero-order chi connectivity index (χ0) is 20.3. The zero-order valence-electron chi connectivity index (χ0n) is 17.0. The van der Waals surface area contributed by atoms with Crippen LogP contribution in [0.25, 0.3) is 0 Å². The van der Waals surface area contributed by atoms with Crippen molar-refractivity contribution in [3.05, 3.63) is 24.3 Å². The Balaban J connectivity index is 2.44. The van der Waals surface area contributed by atoms with E-state index in [2.05, 4.69) is 17.7 Å². The van der Waals surface area contributed by atoms with E-state index in [1.54, 1.807) is 0 Å². The number of allylic oxidation sites excluding steroid dienone is 3. The van der Waals surface area contributed by atoms with Crippen molar-refractivity contribution in [2.75, 3.05) is 7.11 Å². The quantitative estimate of drug-likeness (QED) is 0.398. The fourth-order valence-corrected chi connectivity index (χ4v) is 3.50. The second-order valence-corrected chi connectivity index (χ2v) is 7.83. The van der Waals surface area contributed by atoms with Gasteiger partial charge in [-0.05, 0) is 51.4 Å². The molecule has 154 valence electrons. The van der Waals surface area contributed by atoms with Gasteiger partial charge in [0.1, 0.15) is 5.78 Å². The summed E-state index contributed by atoms with van der Waals surface area (Å²) in [7, 11) is 1.25. The summed E-state index contributed by atoms with van der Waals surface area (Å²) in [6.07, 6.45) is 13.5. The molecule has 0 aromatic carbocycles. The highest BCUT2D eigenvalue weighted by Crippen LogP contribution is 2.33. The molecule has 0 saturated heterocycles. The number of unbranched alkanes of at least 4 members (excludes halogenated alkanes) is 1. The largest absolute Gasteiger partial charge is 0.467 e. The van der Waals surface area contributed by atoms with Crippen molar-refractivity contribution in [3.8, 4) is 0 Å². The molecule has 4 atom stereocenters. The van der Waals surface area contributed by atoms with Crippen molar-refractivity contribution < 1.29 is 24.5 Å². The first kappa shape index (κ1) is 23.6. The molecule has 2 N–H and O–H groups in total. The molecule has 27 heavy (non-hydrogen) atoms. The number of aliphatic hydroxyl groups excluding tert-OH is 1. The summed E-state index contributed by atoms with van der Waals surface area (Å²) >= 11 is 0. The molecule has 1 saturated carbocycles. The molecule has 1 fully saturated rings. The molecule has 0 aromatic rings. The number of ether oxygens (including phenoxy) is 1. The summed E-state index contributed by atoms with van der Waals surface area (Å²) < 4.78 is 4.48. The van der Waals surface area contributed by atoms with Gasteiger partial charge in [-0.2, -0.15) is 0 Å². The molecule has 1 aliphatic carbocycles. The summed E-state index contributed by atoms with van der Waals surface area (Å²) in [5, 5.41) is 19.9. The second-order valence-electron chi connectivity index (χ2n) is 7.83. The molecule has 0 bridgehead atoms. The SMILES string of the molecule is CCCCC(C)(O)CC=C[C@H]1CCC(=O)[C@@H]1CC=CCCC(O)C(=O)OC. The highest BCUT2D eigenvalue weighted by Gasteiger charge is 2.32. The maximum atomic E-state index is 12.2. The highest BCUT2D eigenvalue weighted by atomic mass is 16.5. The van der Waals surface area contributed by atoms with Crippen LogP contribution >= 0.6 is 0 Å². The predicted molar refractivity (Wildman–Crippen MR) is 106 cm³/mol. The number of hydrogen-bond acceptors (Lipinski definition) is 5. The third kappa shape index (κ3) is 8.85. The van der Waals surface area contributed by atoms with Crippen molar-refractivity contribution in [2.24, 2.45) is 11.8 Å². The first-order chi connectivity index (χ1) is 12.8. The maximum Gasteiger partial charge on any atom is 0.334 e. The van der Waals surface area contributed by atoms with Crippen LogP contribution in [0.5, 0.6) is 0 Å². The van der Waals surface area contributed by atoms with Crippen LogP contribution in [0.15, 0.2) is 24.3 Å². The molecule has 2 unspecified atom stereocenters. The maximum absolute atomic E-state index is 12.2. The van der Waals surface area contributed by atoms with Crippen molar-refractivity contribution in [2.45, 2.75) is 83.3 Å². The Kier molecular flexibility index (Phi) is 10.6. The van der Waals surface area contributed by atoms with E-state index in [4.69, 9.17) is 0 Å². The minimum absolute atomic E-state index is 0.0105. The molecule has 0 heterocycles. The summed E-state index contributed by atoms with van der Waals surface area (Å²) in [5.74, 6) is -0.107. The van der Waals surface area contributed by atoms with E-state index in [-0.39, 0.29) is 11.8 Å². The monoisotopic (exact) mass is 380 g/mol. The van der Waals surface area contributed by atoms with Crippen molar-refractivity contribution in [1.29, 1.82) is 0 Å². The molecule has 0 spiro atoms. The van der Waals surface area contributed by atoms with Crippen LogP contribution in [-0.4, -0.2) is 40.8 Å². The molecule has 5 nitrogen and oxygen atoms in total. The number of ketones is 1. The van der Waals surface area contributed by atoms with Crippen LogP contribution in [-0.2, 0) is 14.3 Å². The first-order valence-electron chi connectivity index (χ1n) is 10.1. The van der Waals surface area contributed by atoms with Crippen LogP contribution in [0.2, 0.25) is 0 Å². The normalized spacial score (nSPS) is 23.8. The average Bonchev–Trinajstić information content (AvgIpc) is 2.98. The standard InChI is InChI=1S/C22H36O5/c1-4-5-15-22(2,26)16-9-10-17-13-14-19(23)18(17)11-7-6-8-12-20(24)21(25)27-3/h6-7,9-10,17-18,20,24,26H,4-5,8,11-16H2,1-3H3/t17-,18+,20?,22?/m0/s1. The van der Waals surface area contributed by atoms with Crippen LogP contribution in [0, 0.1) is 11.8 Å². The highest BCUT2D eigenvalue weighted by molar-refractivity contribution is 5.83. The van der Waals surface area contributed by atoms with Gasteiger partial charge in [0.25, 0.3) is 0 Å². The molecular formula is C22H36O5. The summed E-state index contributed by atoms with van der Waals surface area (Å²) in [6.45, 7) is 3.99. The molecule has 1 rings (SSSR count). The lowest BCUT2D eigenvalue weighted by atomic mass is 9.89. The van der Waals surface area contributed by atoms with Crippen LogP contribution < -0.4 is 0 Å². The lowest BCUT2D eigenvalue weighted by Crippen LogP contribution is -2.22. The van der Waals surface area contributed by atoms with Gasteiger partial charge < -0.3 is 14.9 Å². The van der Waals surface area contributed by atoms with E-state index in [1.165, 1.54) is 7.11 Å². The lowest BCUT2D eigenvalue weighted by molar-refractivity contribution is -0.150. The Hall–Kier alpha value is -1.46. The molecule has 5 heteroatoms. The van der Waals surface area contributed by atoms with Crippen molar-refractivity contribution in [3.63, 3.8) is 0 Å². The number of carbonyl (C=O) groups is 2. The minimum Gasteiger partial charge on any atom is -0.467 e. The minimum atomic E-state index is -1.09. The van der Waals surface area contributed by atoms with E-state index in [9.17, 15) is 19.8 Å². The number of esters is 1. The molecule has 0 aliphatic heterocycles. The summed E-state index contributed by atoms with van der Waals surface area (Å²) in [6, 6.07) is 0. The van der Waals surface area contributed by atoms with E-state index in [0.717, 1.165) is 25.7 Å². The smallest absolute Gasteiger partial charge is 0.334 e. The third-order valence-electron chi connectivity index (χ3n) is 5.30. The number of methoxy groups -OCH3 is 1. The van der Waals surface area contributed by atoms with E-state index < -0.39 is 17.7 Å². The number of rotatable bonds is 12. The van der Waals surface area contributed by atoms with Gasteiger partial charge >= 0.3 is 5.97 Å². The Morgan fingerprint density at radius 1 is 1.37 bits per heavy atom. The number of aliphatic hydroxyl groups is 2. The van der Waals surface area contributed by atoms with Gasteiger partial charge in [0, 0.05) is 12.3 Å². The lowest BCUT2D eigenvalue weighted by Gasteiger charge is -2.21. The van der Waals surface area contributed by atoms with Gasteiger partial charge in [0.2, 0.25) is 0 Å². The number of hydrogen-bond donors (Lipinski definition) is 2.